The van der Waals surface area contributed by atoms with E-state index in [1.807, 2.05) is 0 Å². The van der Waals surface area contributed by atoms with E-state index < -0.39 is 35.0 Å². The molecule has 0 saturated heterocycles. The summed E-state index contributed by atoms with van der Waals surface area (Å²) in [5, 5.41) is 0. The van der Waals surface area contributed by atoms with E-state index >= 15 is 0 Å². The summed E-state index contributed by atoms with van der Waals surface area (Å²) >= 11 is 0. The molecule has 7 nitrogen and oxygen atoms in total. The fraction of sp³-hybridized carbons (Fsp3) is 0.950. The molecule has 0 heterocycles. The second kappa shape index (κ2) is 14.8. The molecule has 0 amide bonds. The van der Waals surface area contributed by atoms with Gasteiger partial charge in [-0.3, -0.25) is 4.79 Å². The van der Waals surface area contributed by atoms with Crippen molar-refractivity contribution in [3.8, 4) is 0 Å². The van der Waals surface area contributed by atoms with E-state index in [0.29, 0.717) is 31.4 Å². The molecule has 0 fully saturated rings. The smallest absolute Gasteiger partial charge is 0.377 e. The second-order valence-corrected chi connectivity index (χ2v) is 13.9. The maximum absolute atomic E-state index is 14.3. The Morgan fingerprint density at radius 1 is 0.688 bits per heavy atom. The first-order valence-electron chi connectivity index (χ1n) is 10.9. The number of hydrogen-bond donors (Lipinski definition) is 0. The van der Waals surface area contributed by atoms with Crippen molar-refractivity contribution in [1.82, 2.24) is 0 Å². The van der Waals surface area contributed by atoms with Gasteiger partial charge in [0, 0.05) is 61.2 Å². The molecule has 0 N–H and O–H groups in total. The minimum absolute atomic E-state index is 0.0979. The van der Waals surface area contributed by atoms with Crippen LogP contribution in [0, 0.1) is 5.41 Å². The number of unbranched alkanes of at least 4 members (excludes halogenated alkanes) is 2. The molecule has 0 aliphatic rings. The molecule has 192 valence electrons. The molecule has 0 rings (SSSR count). The molecule has 0 atom stereocenters. The first-order chi connectivity index (χ1) is 15.0. The van der Waals surface area contributed by atoms with Crippen LogP contribution in [0.1, 0.15) is 58.3 Å². The molecular formula is C20H41F3O7Si2. The van der Waals surface area contributed by atoms with Crippen LogP contribution in [0.3, 0.4) is 0 Å². The highest BCUT2D eigenvalue weighted by Crippen LogP contribution is 2.48. The van der Waals surface area contributed by atoms with Crippen LogP contribution < -0.4 is 0 Å². The van der Waals surface area contributed by atoms with Crippen LogP contribution >= 0.6 is 0 Å². The Morgan fingerprint density at radius 2 is 1.03 bits per heavy atom. The standard InChI is InChI=1S/C20H41F3O7Si2/c1-8-13-18(24)19(20(21,22)23,14-9-11-16-31(25-2,26-3)27-4)15-10-12-17-32(28-5,29-6)30-7/h8-17H2,1-7H3. The van der Waals surface area contributed by atoms with Gasteiger partial charge in [0.15, 0.2) is 0 Å². The van der Waals surface area contributed by atoms with Crippen molar-refractivity contribution < 1.29 is 44.5 Å². The lowest BCUT2D eigenvalue weighted by molar-refractivity contribution is -0.225. The average Bonchev–Trinajstić information content (AvgIpc) is 2.78. The number of Topliss-reactive ketones (excluding diaryl/α,β-unsaturated/α-hetero) is 1. The van der Waals surface area contributed by atoms with Crippen LogP contribution in [0.4, 0.5) is 13.2 Å². The molecule has 0 aliphatic heterocycles. The van der Waals surface area contributed by atoms with Gasteiger partial charge in [-0.15, -0.1) is 0 Å². The number of carbonyl (C=O) groups excluding carboxylic acids is 1. The van der Waals surface area contributed by atoms with Gasteiger partial charge < -0.3 is 26.6 Å². The zero-order valence-corrected chi connectivity index (χ0v) is 22.6. The monoisotopic (exact) mass is 506 g/mol. The van der Waals surface area contributed by atoms with Crippen molar-refractivity contribution >= 4 is 23.4 Å². The van der Waals surface area contributed by atoms with Crippen LogP contribution in [0.15, 0.2) is 0 Å². The zero-order chi connectivity index (χ0) is 24.9. The summed E-state index contributed by atoms with van der Waals surface area (Å²) < 4.78 is 75.0. The Labute approximate surface area is 193 Å². The lowest BCUT2D eigenvalue weighted by Gasteiger charge is -2.35. The fourth-order valence-corrected chi connectivity index (χ4v) is 7.55. The van der Waals surface area contributed by atoms with Crippen LogP contribution in [-0.4, -0.2) is 72.2 Å². The number of halogens is 3. The van der Waals surface area contributed by atoms with E-state index in [4.69, 9.17) is 26.6 Å². The van der Waals surface area contributed by atoms with Gasteiger partial charge in [-0.1, -0.05) is 19.8 Å². The molecular weight excluding hydrogens is 465 g/mol. The molecule has 0 aromatic carbocycles. The minimum Gasteiger partial charge on any atom is -0.377 e. The van der Waals surface area contributed by atoms with Gasteiger partial charge in [0.1, 0.15) is 11.2 Å². The number of rotatable bonds is 19. The molecule has 0 saturated carbocycles. The molecule has 0 aromatic rings. The van der Waals surface area contributed by atoms with Crippen LogP contribution in [0.2, 0.25) is 12.1 Å². The third-order valence-electron chi connectivity index (χ3n) is 6.09. The molecule has 0 bridgehead atoms. The highest BCUT2D eigenvalue weighted by atomic mass is 28.4. The maximum atomic E-state index is 14.3. The molecule has 0 aliphatic carbocycles. The van der Waals surface area contributed by atoms with Crippen molar-refractivity contribution in [2.75, 3.05) is 42.7 Å². The number of alkyl halides is 3. The van der Waals surface area contributed by atoms with Crippen LogP contribution in [-0.2, 0) is 31.4 Å². The van der Waals surface area contributed by atoms with Gasteiger partial charge in [0.05, 0.1) is 0 Å². The first-order valence-corrected chi connectivity index (χ1v) is 14.8. The number of ketones is 1. The Balaban J connectivity index is 5.38. The Morgan fingerprint density at radius 3 is 1.28 bits per heavy atom. The minimum atomic E-state index is -4.63. The van der Waals surface area contributed by atoms with Crippen molar-refractivity contribution in [2.45, 2.75) is 76.6 Å². The first kappa shape index (κ1) is 31.7. The van der Waals surface area contributed by atoms with Gasteiger partial charge in [-0.05, 0) is 32.1 Å². The van der Waals surface area contributed by atoms with Gasteiger partial charge >= 0.3 is 23.8 Å². The highest BCUT2D eigenvalue weighted by molar-refractivity contribution is 6.60. The van der Waals surface area contributed by atoms with Crippen LogP contribution in [0.25, 0.3) is 0 Å². The molecule has 0 spiro atoms. The summed E-state index contributed by atoms with van der Waals surface area (Å²) in [7, 11) is 3.05. The maximum Gasteiger partial charge on any atom is 0.500 e. The lowest BCUT2D eigenvalue weighted by atomic mass is 9.72. The molecule has 12 heteroatoms. The normalized spacial score (nSPS) is 13.6. The van der Waals surface area contributed by atoms with E-state index in [1.165, 1.54) is 42.7 Å². The topological polar surface area (TPSA) is 72.5 Å². The summed E-state index contributed by atoms with van der Waals surface area (Å²) in [6.07, 6.45) is -3.64. The van der Waals surface area contributed by atoms with E-state index in [1.54, 1.807) is 6.92 Å². The number of hydrogen-bond acceptors (Lipinski definition) is 7. The zero-order valence-electron chi connectivity index (χ0n) is 20.6. The van der Waals surface area contributed by atoms with Crippen LogP contribution in [0.5, 0.6) is 0 Å². The molecule has 0 unspecified atom stereocenters. The van der Waals surface area contributed by atoms with Gasteiger partial charge in [0.2, 0.25) is 0 Å². The molecule has 0 radical (unpaired) electrons. The SMILES string of the molecule is CCCC(=O)C(CCCC[Si](OC)(OC)OC)(CCCC[Si](OC)(OC)OC)C(F)(F)F. The van der Waals surface area contributed by atoms with Gasteiger partial charge in [-0.25, -0.2) is 0 Å². The summed E-state index contributed by atoms with van der Waals surface area (Å²) in [5.41, 5.74) is -2.36. The van der Waals surface area contributed by atoms with Gasteiger partial charge in [0.25, 0.3) is 0 Å². The summed E-state index contributed by atoms with van der Waals surface area (Å²) in [6.45, 7) is 1.71. The van der Waals surface area contributed by atoms with E-state index in [-0.39, 0.29) is 32.1 Å². The molecule has 0 aromatic heterocycles. The van der Waals surface area contributed by atoms with E-state index in [9.17, 15) is 18.0 Å². The third kappa shape index (κ3) is 8.46. The number of carbonyl (C=O) groups is 1. The average molecular weight is 507 g/mol. The fourth-order valence-electron chi connectivity index (χ4n) is 3.96. The highest BCUT2D eigenvalue weighted by Gasteiger charge is 2.58. The Hall–Kier alpha value is -0.346. The quantitative estimate of drug-likeness (QED) is 0.180. The van der Waals surface area contributed by atoms with Crippen molar-refractivity contribution in [1.29, 1.82) is 0 Å². The second-order valence-electron chi connectivity index (χ2n) is 7.76. The summed E-state index contributed by atoms with van der Waals surface area (Å²) in [5.74, 6) is -0.741. The van der Waals surface area contributed by atoms with Gasteiger partial charge in [-0.2, -0.15) is 13.2 Å². The Kier molecular flexibility index (Phi) is 14.7. The Bertz CT molecular complexity index is 483. The lowest BCUT2D eigenvalue weighted by Crippen LogP contribution is -2.46. The predicted molar refractivity (Wildman–Crippen MR) is 119 cm³/mol. The van der Waals surface area contributed by atoms with E-state index in [2.05, 4.69) is 0 Å². The van der Waals surface area contributed by atoms with E-state index in [0.717, 1.165) is 0 Å². The summed E-state index contributed by atoms with van der Waals surface area (Å²) in [4.78, 5) is 12.8. The molecule has 32 heavy (non-hydrogen) atoms. The van der Waals surface area contributed by atoms with Crippen molar-refractivity contribution in [3.05, 3.63) is 0 Å². The van der Waals surface area contributed by atoms with Crippen molar-refractivity contribution in [2.24, 2.45) is 5.41 Å². The third-order valence-corrected chi connectivity index (χ3v) is 11.8. The summed E-state index contributed by atoms with van der Waals surface area (Å²) in [6, 6.07) is 0.770. The van der Waals surface area contributed by atoms with Crippen molar-refractivity contribution in [3.63, 3.8) is 0 Å². The predicted octanol–water partition coefficient (Wildman–Crippen LogP) is 5.00. The largest absolute Gasteiger partial charge is 0.500 e.